The van der Waals surface area contributed by atoms with Crippen molar-refractivity contribution in [1.82, 2.24) is 10.2 Å². The van der Waals surface area contributed by atoms with E-state index in [0.29, 0.717) is 19.4 Å². The molecule has 3 N–H and O–H groups in total. The third-order valence-corrected chi connectivity index (χ3v) is 2.88. The highest BCUT2D eigenvalue weighted by atomic mass is 16.5. The fourth-order valence-electron chi connectivity index (χ4n) is 1.83. The number of carboxylic acids is 1. The zero-order valence-electron chi connectivity index (χ0n) is 10.7. The van der Waals surface area contributed by atoms with Crippen molar-refractivity contribution in [2.75, 3.05) is 20.2 Å². The lowest BCUT2D eigenvalue weighted by Gasteiger charge is -2.31. The van der Waals surface area contributed by atoms with Crippen LogP contribution in [-0.4, -0.2) is 65.4 Å². The molecule has 0 aliphatic carbocycles. The molecule has 0 aromatic carbocycles. The number of nitrogens with zero attached hydrogens (tertiary/aromatic N) is 1. The molecule has 19 heavy (non-hydrogen) atoms. The van der Waals surface area contributed by atoms with Gasteiger partial charge in [0.1, 0.15) is 6.04 Å². The van der Waals surface area contributed by atoms with Gasteiger partial charge in [0, 0.05) is 13.1 Å². The number of hydrogen-bond acceptors (Lipinski definition) is 5. The highest BCUT2D eigenvalue weighted by Gasteiger charge is 2.28. The lowest BCUT2D eigenvalue weighted by molar-refractivity contribution is -0.147. The van der Waals surface area contributed by atoms with Gasteiger partial charge in [-0.15, -0.1) is 0 Å². The summed E-state index contributed by atoms with van der Waals surface area (Å²) in [7, 11) is 1.14. The Kier molecular flexibility index (Phi) is 5.56. The van der Waals surface area contributed by atoms with Gasteiger partial charge in [0.15, 0.2) is 0 Å². The van der Waals surface area contributed by atoms with Gasteiger partial charge in [0.2, 0.25) is 0 Å². The Morgan fingerprint density at radius 2 is 2.16 bits per heavy atom. The molecule has 0 aromatic heterocycles. The third kappa shape index (κ3) is 4.74. The van der Waals surface area contributed by atoms with E-state index in [1.165, 1.54) is 4.90 Å². The maximum Gasteiger partial charge on any atom is 0.326 e. The van der Waals surface area contributed by atoms with Gasteiger partial charge in [-0.25, -0.2) is 9.59 Å². The maximum atomic E-state index is 11.8. The number of methoxy groups -OCH3 is 1. The summed E-state index contributed by atoms with van der Waals surface area (Å²) < 4.78 is 4.37. The van der Waals surface area contributed by atoms with E-state index in [-0.39, 0.29) is 6.54 Å². The third-order valence-electron chi connectivity index (χ3n) is 2.88. The Hall–Kier alpha value is -1.83. The fraction of sp³-hybridized carbons (Fsp3) is 0.727. The molecule has 1 heterocycles. The van der Waals surface area contributed by atoms with Crippen molar-refractivity contribution < 1.29 is 29.3 Å². The molecule has 8 heteroatoms. The number of carbonyl (C=O) groups is 3. The molecule has 0 bridgehead atoms. The van der Waals surface area contributed by atoms with Crippen LogP contribution in [0, 0.1) is 0 Å². The van der Waals surface area contributed by atoms with E-state index in [9.17, 15) is 19.5 Å². The predicted molar refractivity (Wildman–Crippen MR) is 63.4 cm³/mol. The number of carboxylic acid groups (broad SMARTS) is 1. The smallest absolute Gasteiger partial charge is 0.326 e. The second-order valence-electron chi connectivity index (χ2n) is 4.36. The first-order valence-electron chi connectivity index (χ1n) is 5.97. The topological polar surface area (TPSA) is 116 Å². The Bertz CT molecular complexity index is 359. The van der Waals surface area contributed by atoms with E-state index in [1.807, 2.05) is 0 Å². The SMILES string of the molecule is COC(=O)C[C@H](NC(=O)N1CCCC(O)C1)C(=O)O. The standard InChI is InChI=1S/C11H18N2O6/c1-19-9(15)5-8(10(16)17)12-11(18)13-4-2-3-7(14)6-13/h7-8,14H,2-6H2,1H3,(H,12,18)(H,16,17)/t7?,8-/m0/s1. The van der Waals surface area contributed by atoms with Crippen molar-refractivity contribution in [3.63, 3.8) is 0 Å². The summed E-state index contributed by atoms with van der Waals surface area (Å²) in [6.07, 6.45) is 0.245. The molecule has 2 amide bonds. The Balaban J connectivity index is 2.55. The van der Waals surface area contributed by atoms with Crippen LogP contribution in [0.2, 0.25) is 0 Å². The second kappa shape index (κ2) is 6.93. The highest BCUT2D eigenvalue weighted by molar-refractivity contribution is 5.86. The van der Waals surface area contributed by atoms with Gasteiger partial charge >= 0.3 is 18.0 Å². The number of amides is 2. The van der Waals surface area contributed by atoms with E-state index in [2.05, 4.69) is 10.1 Å². The maximum absolute atomic E-state index is 11.8. The molecule has 1 rings (SSSR count). The van der Waals surface area contributed by atoms with Gasteiger partial charge in [0.25, 0.3) is 0 Å². The predicted octanol–water partition coefficient (Wildman–Crippen LogP) is -0.831. The number of β-amino-alcohol motifs (C(OH)–C–C–N with tert-alkyl or cyclic N) is 1. The Morgan fingerprint density at radius 3 is 2.68 bits per heavy atom. The summed E-state index contributed by atoms with van der Waals surface area (Å²) in [4.78, 5) is 35.1. The number of carbonyl (C=O) groups excluding carboxylic acids is 2. The molecule has 0 saturated carbocycles. The van der Waals surface area contributed by atoms with Crippen molar-refractivity contribution in [2.45, 2.75) is 31.4 Å². The molecule has 1 aliphatic heterocycles. The van der Waals surface area contributed by atoms with Crippen LogP contribution >= 0.6 is 0 Å². The van der Waals surface area contributed by atoms with E-state index in [1.54, 1.807) is 0 Å². The van der Waals surface area contributed by atoms with E-state index in [4.69, 9.17) is 5.11 Å². The molecular formula is C11H18N2O6. The largest absolute Gasteiger partial charge is 0.480 e. The van der Waals surface area contributed by atoms with Crippen molar-refractivity contribution >= 4 is 18.0 Å². The van der Waals surface area contributed by atoms with Gasteiger partial charge in [-0.05, 0) is 12.8 Å². The van der Waals surface area contributed by atoms with Crippen molar-refractivity contribution in [3.05, 3.63) is 0 Å². The van der Waals surface area contributed by atoms with Crippen molar-refractivity contribution in [3.8, 4) is 0 Å². The minimum Gasteiger partial charge on any atom is -0.480 e. The number of nitrogens with one attached hydrogen (secondary N) is 1. The number of ether oxygens (including phenoxy) is 1. The van der Waals surface area contributed by atoms with Crippen LogP contribution in [0.15, 0.2) is 0 Å². The van der Waals surface area contributed by atoms with Crippen molar-refractivity contribution in [1.29, 1.82) is 0 Å². The van der Waals surface area contributed by atoms with Crippen LogP contribution in [0.1, 0.15) is 19.3 Å². The normalized spacial score (nSPS) is 20.5. The molecule has 1 aliphatic rings. The van der Waals surface area contributed by atoms with Crippen molar-refractivity contribution in [2.24, 2.45) is 0 Å². The molecule has 0 radical (unpaired) electrons. The second-order valence-corrected chi connectivity index (χ2v) is 4.36. The minimum atomic E-state index is -1.33. The average molecular weight is 274 g/mol. The molecular weight excluding hydrogens is 256 g/mol. The van der Waals surface area contributed by atoms with Gasteiger partial charge in [-0.1, -0.05) is 0 Å². The van der Waals surface area contributed by atoms with Gasteiger partial charge < -0.3 is 25.2 Å². The molecule has 108 valence electrons. The summed E-state index contributed by atoms with van der Waals surface area (Å²) in [5.41, 5.74) is 0. The van der Waals surface area contributed by atoms with Crippen LogP contribution in [0.4, 0.5) is 4.79 Å². The number of urea groups is 1. The summed E-state index contributed by atoms with van der Waals surface area (Å²) in [6, 6.07) is -1.94. The molecule has 8 nitrogen and oxygen atoms in total. The molecule has 0 aromatic rings. The number of piperidine rings is 1. The summed E-state index contributed by atoms with van der Waals surface area (Å²) >= 11 is 0. The van der Waals surface area contributed by atoms with E-state index >= 15 is 0 Å². The number of hydrogen-bond donors (Lipinski definition) is 3. The summed E-state index contributed by atoms with van der Waals surface area (Å²) in [5, 5.41) is 20.6. The Morgan fingerprint density at radius 1 is 1.47 bits per heavy atom. The quantitative estimate of drug-likeness (QED) is 0.576. The molecule has 1 fully saturated rings. The van der Waals surface area contributed by atoms with Crippen LogP contribution in [0.3, 0.4) is 0 Å². The first-order chi connectivity index (χ1) is 8.93. The number of aliphatic hydroxyl groups is 1. The average Bonchev–Trinajstić information content (AvgIpc) is 2.37. The lowest BCUT2D eigenvalue weighted by atomic mass is 10.1. The van der Waals surface area contributed by atoms with Crippen LogP contribution < -0.4 is 5.32 Å². The van der Waals surface area contributed by atoms with Crippen LogP contribution in [0.5, 0.6) is 0 Å². The molecule has 1 saturated heterocycles. The first-order valence-corrected chi connectivity index (χ1v) is 5.97. The van der Waals surface area contributed by atoms with Gasteiger partial charge in [-0.3, -0.25) is 4.79 Å². The molecule has 2 atom stereocenters. The number of aliphatic carboxylic acids is 1. The lowest BCUT2D eigenvalue weighted by Crippen LogP contribution is -2.52. The fourth-order valence-corrected chi connectivity index (χ4v) is 1.83. The van der Waals surface area contributed by atoms with E-state index < -0.39 is 36.5 Å². The summed E-state index contributed by atoms with van der Waals surface area (Å²) in [5.74, 6) is -2.03. The number of rotatable bonds is 4. The molecule has 1 unspecified atom stereocenters. The van der Waals surface area contributed by atoms with Gasteiger partial charge in [0.05, 0.1) is 19.6 Å². The molecule has 0 spiro atoms. The van der Waals surface area contributed by atoms with Crippen LogP contribution in [-0.2, 0) is 14.3 Å². The zero-order valence-corrected chi connectivity index (χ0v) is 10.7. The zero-order chi connectivity index (χ0) is 14.4. The number of likely N-dealkylation sites (tertiary alicyclic amines) is 1. The van der Waals surface area contributed by atoms with Crippen LogP contribution in [0.25, 0.3) is 0 Å². The Labute approximate surface area is 110 Å². The van der Waals surface area contributed by atoms with Gasteiger partial charge in [-0.2, -0.15) is 0 Å². The number of esters is 1. The minimum absolute atomic E-state index is 0.163. The summed E-state index contributed by atoms with van der Waals surface area (Å²) in [6.45, 7) is 0.615. The number of aliphatic hydroxyl groups excluding tert-OH is 1. The monoisotopic (exact) mass is 274 g/mol. The highest BCUT2D eigenvalue weighted by Crippen LogP contribution is 2.10. The van der Waals surface area contributed by atoms with E-state index in [0.717, 1.165) is 7.11 Å². The first kappa shape index (κ1) is 15.2.